The zero-order valence-electron chi connectivity index (χ0n) is 21.1. The van der Waals surface area contributed by atoms with Gasteiger partial charge in [-0.05, 0) is 48.4 Å². The van der Waals surface area contributed by atoms with Crippen molar-refractivity contribution in [2.24, 2.45) is 0 Å². The molecule has 3 N–H and O–H groups in total. The molecule has 0 radical (unpaired) electrons. The second kappa shape index (κ2) is 9.88. The predicted octanol–water partition coefficient (Wildman–Crippen LogP) is 5.60. The molecule has 1 fully saturated rings. The lowest BCUT2D eigenvalue weighted by Crippen LogP contribution is -2.62. The second-order valence-corrected chi connectivity index (χ2v) is 9.84. The van der Waals surface area contributed by atoms with Gasteiger partial charge in [-0.15, -0.1) is 0 Å². The molecule has 1 saturated heterocycles. The molecule has 2 heterocycles. The van der Waals surface area contributed by atoms with Crippen LogP contribution in [-0.4, -0.2) is 53.2 Å². The molecule has 0 aromatic heterocycles. The Morgan fingerprint density at radius 1 is 1.10 bits per heavy atom. The molecule has 11 heteroatoms. The first-order valence-corrected chi connectivity index (χ1v) is 12.3. The van der Waals surface area contributed by atoms with Gasteiger partial charge in [0.05, 0.1) is 28.4 Å². The van der Waals surface area contributed by atoms with Gasteiger partial charge in [-0.2, -0.15) is 13.2 Å². The van der Waals surface area contributed by atoms with Crippen LogP contribution in [0.1, 0.15) is 56.3 Å². The van der Waals surface area contributed by atoms with E-state index in [0.29, 0.717) is 13.1 Å². The third kappa shape index (κ3) is 5.01. The SMILES string of the molecule is C[C@@H](Nc1ccc(F)cc1C(=O)O)c1cc(C(F)(F)F)cc2c1NC(N1CC(c3ccccc3)C1)N(C)C2=O. The third-order valence-electron chi connectivity index (χ3n) is 7.26. The maximum atomic E-state index is 13.8. The van der Waals surface area contributed by atoms with Crippen LogP contribution in [0.25, 0.3) is 0 Å². The van der Waals surface area contributed by atoms with Crippen molar-refractivity contribution >= 4 is 23.3 Å². The van der Waals surface area contributed by atoms with Crippen molar-refractivity contribution in [1.29, 1.82) is 0 Å². The number of carbonyl (C=O) groups is 2. The number of amides is 1. The smallest absolute Gasteiger partial charge is 0.416 e. The number of nitrogens with zero attached hydrogens (tertiary/aromatic N) is 2. The summed E-state index contributed by atoms with van der Waals surface area (Å²) in [5.74, 6) is -2.46. The van der Waals surface area contributed by atoms with Crippen LogP contribution in [0.15, 0.2) is 60.7 Å². The first-order valence-electron chi connectivity index (χ1n) is 12.3. The molecule has 3 aromatic rings. The molecule has 7 nitrogen and oxygen atoms in total. The zero-order valence-corrected chi connectivity index (χ0v) is 21.1. The fourth-order valence-electron chi connectivity index (χ4n) is 5.14. The van der Waals surface area contributed by atoms with E-state index in [1.165, 1.54) is 23.6 Å². The van der Waals surface area contributed by atoms with E-state index in [4.69, 9.17) is 0 Å². The molecule has 0 spiro atoms. The van der Waals surface area contributed by atoms with Crippen LogP contribution in [0, 0.1) is 5.82 Å². The number of alkyl halides is 3. The number of halogens is 4. The Morgan fingerprint density at radius 3 is 2.44 bits per heavy atom. The van der Waals surface area contributed by atoms with Crippen LogP contribution in [-0.2, 0) is 6.18 Å². The summed E-state index contributed by atoms with van der Waals surface area (Å²) in [5, 5.41) is 15.6. The minimum Gasteiger partial charge on any atom is -0.478 e. The predicted molar refractivity (Wildman–Crippen MR) is 137 cm³/mol. The summed E-state index contributed by atoms with van der Waals surface area (Å²) in [4.78, 5) is 28.4. The highest BCUT2D eigenvalue weighted by molar-refractivity contribution is 6.02. The van der Waals surface area contributed by atoms with Gasteiger partial charge in [0.2, 0.25) is 0 Å². The van der Waals surface area contributed by atoms with Crippen LogP contribution in [0.5, 0.6) is 0 Å². The Balaban J connectivity index is 1.49. The average molecular weight is 543 g/mol. The van der Waals surface area contributed by atoms with Crippen molar-refractivity contribution in [2.45, 2.75) is 31.3 Å². The highest BCUT2D eigenvalue weighted by Crippen LogP contribution is 2.41. The molecule has 1 unspecified atom stereocenters. The third-order valence-corrected chi connectivity index (χ3v) is 7.26. The molecule has 5 rings (SSSR count). The summed E-state index contributed by atoms with van der Waals surface area (Å²) in [7, 11) is 1.54. The average Bonchev–Trinajstić information content (AvgIpc) is 2.86. The van der Waals surface area contributed by atoms with Gasteiger partial charge in [0.15, 0.2) is 6.29 Å². The Hall–Kier alpha value is -4.12. The highest BCUT2D eigenvalue weighted by Gasteiger charge is 2.42. The molecular weight excluding hydrogens is 516 g/mol. The number of likely N-dealkylation sites (tertiary alicyclic amines) is 1. The van der Waals surface area contributed by atoms with Crippen molar-refractivity contribution < 1.29 is 32.3 Å². The number of aromatic carboxylic acids is 1. The van der Waals surface area contributed by atoms with Crippen LogP contribution in [0.3, 0.4) is 0 Å². The van der Waals surface area contributed by atoms with E-state index in [1.54, 1.807) is 6.92 Å². The number of carboxylic acids is 1. The fourth-order valence-corrected chi connectivity index (χ4v) is 5.14. The van der Waals surface area contributed by atoms with Crippen molar-refractivity contribution in [3.05, 3.63) is 94.3 Å². The van der Waals surface area contributed by atoms with Gasteiger partial charge in [0.25, 0.3) is 5.91 Å². The minimum atomic E-state index is -4.72. The lowest BCUT2D eigenvalue weighted by molar-refractivity contribution is -0.137. The Bertz CT molecular complexity index is 1420. The molecule has 0 aliphatic carbocycles. The number of carbonyl (C=O) groups excluding carboxylic acids is 1. The number of nitrogens with one attached hydrogen (secondary N) is 2. The van der Waals surface area contributed by atoms with Gasteiger partial charge in [0.1, 0.15) is 5.82 Å². The van der Waals surface area contributed by atoms with Gasteiger partial charge >= 0.3 is 12.1 Å². The Morgan fingerprint density at radius 2 is 1.79 bits per heavy atom. The summed E-state index contributed by atoms with van der Waals surface area (Å²) in [6.45, 7) is 2.85. The standard InChI is InChI=1S/C28H26F4N4O3/c1-15(33-23-9-8-19(29)12-21(23)26(38)39)20-10-18(28(30,31)32)11-22-24(20)34-27(35(2)25(22)37)36-13-17(14-36)16-6-4-3-5-7-16/h3-12,15,17,27,33-34H,13-14H2,1-2H3,(H,38,39)/t15-,27?/m1/s1. The fraction of sp³-hybridized carbons (Fsp3) is 0.286. The number of benzene rings is 3. The number of rotatable bonds is 6. The summed E-state index contributed by atoms with van der Waals surface area (Å²) >= 11 is 0. The molecule has 204 valence electrons. The molecule has 1 amide bonds. The van der Waals surface area contributed by atoms with Gasteiger partial charge in [0, 0.05) is 31.7 Å². The van der Waals surface area contributed by atoms with Crippen LogP contribution in [0.4, 0.5) is 28.9 Å². The number of hydrogen-bond acceptors (Lipinski definition) is 5. The lowest BCUT2D eigenvalue weighted by Gasteiger charge is -2.50. The maximum Gasteiger partial charge on any atom is 0.416 e. The van der Waals surface area contributed by atoms with Crippen LogP contribution < -0.4 is 10.6 Å². The maximum absolute atomic E-state index is 13.8. The van der Waals surface area contributed by atoms with Gasteiger partial charge in [-0.3, -0.25) is 9.69 Å². The first-order chi connectivity index (χ1) is 18.4. The van der Waals surface area contributed by atoms with Crippen molar-refractivity contribution in [3.8, 4) is 0 Å². The Labute approximate surface area is 222 Å². The van der Waals surface area contributed by atoms with Gasteiger partial charge in [-0.1, -0.05) is 30.3 Å². The Kier molecular flexibility index (Phi) is 6.71. The lowest BCUT2D eigenvalue weighted by atomic mass is 9.90. The number of hydrogen-bond donors (Lipinski definition) is 3. The quantitative estimate of drug-likeness (QED) is 0.352. The largest absolute Gasteiger partial charge is 0.478 e. The van der Waals surface area contributed by atoms with E-state index in [9.17, 15) is 32.3 Å². The van der Waals surface area contributed by atoms with Gasteiger partial charge < -0.3 is 20.6 Å². The monoisotopic (exact) mass is 542 g/mol. The van der Waals surface area contributed by atoms with E-state index in [0.717, 1.165) is 24.3 Å². The molecule has 2 aliphatic rings. The van der Waals surface area contributed by atoms with E-state index < -0.39 is 41.8 Å². The highest BCUT2D eigenvalue weighted by atomic mass is 19.4. The van der Waals surface area contributed by atoms with Crippen molar-refractivity contribution in [2.75, 3.05) is 30.8 Å². The number of carboxylic acid groups (broad SMARTS) is 1. The number of anilines is 2. The normalized spacial score (nSPS) is 18.7. The molecule has 0 saturated carbocycles. The molecule has 2 aliphatic heterocycles. The summed E-state index contributed by atoms with van der Waals surface area (Å²) in [6, 6.07) is 13.9. The molecular formula is C28H26F4N4O3. The summed E-state index contributed by atoms with van der Waals surface area (Å²) in [5.41, 5.74) is 0.0669. The molecule has 3 aromatic carbocycles. The molecule has 0 bridgehead atoms. The molecule has 2 atom stereocenters. The van der Waals surface area contributed by atoms with Gasteiger partial charge in [-0.25, -0.2) is 9.18 Å². The molecule has 39 heavy (non-hydrogen) atoms. The van der Waals surface area contributed by atoms with E-state index in [1.807, 2.05) is 35.2 Å². The second-order valence-electron chi connectivity index (χ2n) is 9.84. The van der Waals surface area contributed by atoms with E-state index in [2.05, 4.69) is 10.6 Å². The topological polar surface area (TPSA) is 84.9 Å². The van der Waals surface area contributed by atoms with Crippen LogP contribution >= 0.6 is 0 Å². The van der Waals surface area contributed by atoms with E-state index in [-0.39, 0.29) is 34.0 Å². The number of fused-ring (bicyclic) bond motifs is 1. The van der Waals surface area contributed by atoms with Crippen molar-refractivity contribution in [1.82, 2.24) is 9.80 Å². The van der Waals surface area contributed by atoms with Crippen molar-refractivity contribution in [3.63, 3.8) is 0 Å². The first kappa shape index (κ1) is 26.5. The van der Waals surface area contributed by atoms with Crippen LogP contribution in [0.2, 0.25) is 0 Å². The van der Waals surface area contributed by atoms with E-state index >= 15 is 0 Å². The minimum absolute atomic E-state index is 0.0341. The summed E-state index contributed by atoms with van der Waals surface area (Å²) < 4.78 is 55.2. The summed E-state index contributed by atoms with van der Waals surface area (Å²) in [6.07, 6.45) is -5.31. The zero-order chi connectivity index (χ0) is 28.1.